The Balaban J connectivity index is 1.73. The molecular weight excluding hydrogens is 395 g/mol. The highest BCUT2D eigenvalue weighted by atomic mass is 32.2. The van der Waals surface area contributed by atoms with Crippen molar-refractivity contribution < 1.29 is 18.7 Å². The molecule has 9 heteroatoms. The van der Waals surface area contributed by atoms with E-state index in [0.717, 1.165) is 0 Å². The zero-order valence-electron chi connectivity index (χ0n) is 16.1. The van der Waals surface area contributed by atoms with Crippen LogP contribution in [0.5, 0.6) is 5.75 Å². The molecule has 0 saturated carbocycles. The third-order valence-electron chi connectivity index (χ3n) is 4.29. The summed E-state index contributed by atoms with van der Waals surface area (Å²) in [6.45, 7) is 2.51. The minimum Gasteiger partial charge on any atom is -0.490 e. The molecule has 1 aromatic heterocycles. The Morgan fingerprint density at radius 3 is 2.97 bits per heavy atom. The van der Waals surface area contributed by atoms with E-state index in [-0.39, 0.29) is 19.1 Å². The third-order valence-corrected chi connectivity index (χ3v) is 5.30. The number of halogens is 1. The molecule has 1 aromatic carbocycles. The molecule has 0 aliphatic carbocycles. The van der Waals surface area contributed by atoms with Crippen LogP contribution >= 0.6 is 11.8 Å². The van der Waals surface area contributed by atoms with E-state index in [2.05, 4.69) is 16.4 Å². The maximum Gasteiger partial charge on any atom is 0.252 e. The number of thioether (sulfide) groups is 1. The van der Waals surface area contributed by atoms with Crippen molar-refractivity contribution >= 4 is 34.5 Å². The highest BCUT2D eigenvalue weighted by Crippen LogP contribution is 2.24. The number of ether oxygens (including phenoxy) is 1. The molecule has 152 valence electrons. The van der Waals surface area contributed by atoms with Crippen LogP contribution in [0, 0.1) is 11.3 Å². The number of aromatic nitrogens is 1. The van der Waals surface area contributed by atoms with E-state index < -0.39 is 17.6 Å². The van der Waals surface area contributed by atoms with Gasteiger partial charge < -0.3 is 15.0 Å². The van der Waals surface area contributed by atoms with Gasteiger partial charge in [0.1, 0.15) is 24.1 Å². The number of carbonyl (C=O) groups is 2. The lowest BCUT2D eigenvalue weighted by molar-refractivity contribution is -0.129. The van der Waals surface area contributed by atoms with Gasteiger partial charge in [0, 0.05) is 17.3 Å². The first-order chi connectivity index (χ1) is 13.8. The molecule has 29 heavy (non-hydrogen) atoms. The van der Waals surface area contributed by atoms with Gasteiger partial charge in [-0.2, -0.15) is 5.26 Å². The summed E-state index contributed by atoms with van der Waals surface area (Å²) in [5.41, 5.74) is -0.573. The first-order valence-electron chi connectivity index (χ1n) is 9.04. The normalized spacial score (nSPS) is 16.5. The molecule has 0 spiro atoms. The van der Waals surface area contributed by atoms with Crippen molar-refractivity contribution in [2.24, 2.45) is 0 Å². The molecule has 1 N–H and O–H groups in total. The molecule has 0 bridgehead atoms. The summed E-state index contributed by atoms with van der Waals surface area (Å²) in [6, 6.07) is 8.16. The van der Waals surface area contributed by atoms with Gasteiger partial charge in [0.15, 0.2) is 0 Å². The smallest absolute Gasteiger partial charge is 0.252 e. The van der Waals surface area contributed by atoms with Crippen molar-refractivity contribution in [1.82, 2.24) is 15.2 Å². The molecule has 1 atom stereocenters. The Morgan fingerprint density at radius 2 is 2.24 bits per heavy atom. The summed E-state index contributed by atoms with van der Waals surface area (Å²) < 4.78 is 19.2. The SMILES string of the molecule is CC(C)(F)COc1ccc2nccc(C(=O)NCC(=O)N3CSC[C@H]3C#N)c2c1. The number of fused-ring (bicyclic) bond motifs is 1. The second kappa shape index (κ2) is 8.66. The standard InChI is InChI=1S/C20H21FN4O3S/c1-20(2,21)11-28-14-3-4-17-16(7-14)15(5-6-23-17)19(27)24-9-18(26)25-12-29-10-13(25)8-22/h3-7,13H,9-12H2,1-2H3,(H,24,27)/t13-/m1/s1. The summed E-state index contributed by atoms with van der Waals surface area (Å²) in [5.74, 6) is 0.698. The van der Waals surface area contributed by atoms with Crippen molar-refractivity contribution in [3.8, 4) is 11.8 Å². The molecule has 7 nitrogen and oxygen atoms in total. The first kappa shape index (κ1) is 20.9. The Hall–Kier alpha value is -2.86. The first-order valence-corrected chi connectivity index (χ1v) is 10.2. The predicted octanol–water partition coefficient (Wildman–Crippen LogP) is 2.52. The summed E-state index contributed by atoms with van der Waals surface area (Å²) in [6.07, 6.45) is 1.51. The van der Waals surface area contributed by atoms with Gasteiger partial charge >= 0.3 is 0 Å². The molecule has 0 radical (unpaired) electrons. The van der Waals surface area contributed by atoms with Crippen LogP contribution in [-0.2, 0) is 4.79 Å². The Labute approximate surface area is 172 Å². The fourth-order valence-corrected chi connectivity index (χ4v) is 3.92. The number of nitriles is 1. The lowest BCUT2D eigenvalue weighted by atomic mass is 10.1. The highest BCUT2D eigenvalue weighted by Gasteiger charge is 2.29. The monoisotopic (exact) mass is 416 g/mol. The van der Waals surface area contributed by atoms with Gasteiger partial charge in [0.25, 0.3) is 5.91 Å². The average Bonchev–Trinajstić information content (AvgIpc) is 3.18. The number of alkyl halides is 1. The van der Waals surface area contributed by atoms with Crippen LogP contribution in [0.4, 0.5) is 4.39 Å². The van der Waals surface area contributed by atoms with Crippen molar-refractivity contribution in [3.05, 3.63) is 36.0 Å². The van der Waals surface area contributed by atoms with Crippen LogP contribution in [0.2, 0.25) is 0 Å². The van der Waals surface area contributed by atoms with Gasteiger partial charge in [-0.15, -0.1) is 11.8 Å². The molecule has 2 amide bonds. The molecule has 2 heterocycles. The van der Waals surface area contributed by atoms with Gasteiger partial charge in [-0.3, -0.25) is 14.6 Å². The van der Waals surface area contributed by atoms with Crippen LogP contribution in [0.15, 0.2) is 30.5 Å². The van der Waals surface area contributed by atoms with Gasteiger partial charge in [-0.05, 0) is 38.1 Å². The molecule has 0 unspecified atom stereocenters. The van der Waals surface area contributed by atoms with E-state index in [0.29, 0.717) is 33.8 Å². The van der Waals surface area contributed by atoms with Crippen LogP contribution < -0.4 is 10.1 Å². The lowest BCUT2D eigenvalue weighted by Gasteiger charge is -2.19. The Bertz CT molecular complexity index is 970. The highest BCUT2D eigenvalue weighted by molar-refractivity contribution is 7.99. The van der Waals surface area contributed by atoms with Gasteiger partial charge in [-0.1, -0.05) is 0 Å². The minimum atomic E-state index is -1.49. The quantitative estimate of drug-likeness (QED) is 0.778. The topological polar surface area (TPSA) is 95.3 Å². The fraction of sp³-hybridized carbons (Fsp3) is 0.400. The number of pyridine rings is 1. The maximum atomic E-state index is 13.7. The number of rotatable bonds is 6. The molecular formula is C20H21FN4O3S. The maximum absolute atomic E-state index is 13.7. The summed E-state index contributed by atoms with van der Waals surface area (Å²) in [4.78, 5) is 30.7. The van der Waals surface area contributed by atoms with Crippen LogP contribution in [-0.4, -0.2) is 58.2 Å². The van der Waals surface area contributed by atoms with Crippen LogP contribution in [0.3, 0.4) is 0 Å². The minimum absolute atomic E-state index is 0.122. The molecule has 1 aliphatic rings. The zero-order chi connectivity index (χ0) is 21.0. The fourth-order valence-electron chi connectivity index (χ4n) is 2.82. The molecule has 2 aromatic rings. The van der Waals surface area contributed by atoms with Crippen molar-refractivity contribution in [2.75, 3.05) is 24.8 Å². The van der Waals surface area contributed by atoms with E-state index >= 15 is 0 Å². The number of amides is 2. The number of benzene rings is 1. The lowest BCUT2D eigenvalue weighted by Crippen LogP contribution is -2.42. The number of nitrogens with zero attached hydrogens (tertiary/aromatic N) is 3. The Morgan fingerprint density at radius 1 is 1.45 bits per heavy atom. The van der Waals surface area contributed by atoms with Gasteiger partial charge in [-0.25, -0.2) is 4.39 Å². The largest absolute Gasteiger partial charge is 0.490 e. The summed E-state index contributed by atoms with van der Waals surface area (Å²) in [5, 5.41) is 12.2. The summed E-state index contributed by atoms with van der Waals surface area (Å²) in [7, 11) is 0. The number of hydrogen-bond acceptors (Lipinski definition) is 6. The molecule has 1 saturated heterocycles. The number of carbonyl (C=O) groups excluding carboxylic acids is 2. The van der Waals surface area contributed by atoms with E-state index in [9.17, 15) is 14.0 Å². The molecule has 1 fully saturated rings. The van der Waals surface area contributed by atoms with Gasteiger partial charge in [0.05, 0.1) is 29.6 Å². The average molecular weight is 416 g/mol. The zero-order valence-corrected chi connectivity index (χ0v) is 17.0. The van der Waals surface area contributed by atoms with Gasteiger partial charge in [0.2, 0.25) is 5.91 Å². The van der Waals surface area contributed by atoms with E-state index in [4.69, 9.17) is 10.00 Å². The van der Waals surface area contributed by atoms with Crippen LogP contribution in [0.1, 0.15) is 24.2 Å². The second-order valence-electron chi connectivity index (χ2n) is 7.24. The van der Waals surface area contributed by atoms with Crippen LogP contribution in [0.25, 0.3) is 10.9 Å². The third kappa shape index (κ3) is 5.15. The predicted molar refractivity (Wildman–Crippen MR) is 108 cm³/mol. The van der Waals surface area contributed by atoms with E-state index in [1.807, 2.05) is 0 Å². The molecule has 1 aliphatic heterocycles. The Kier molecular flexibility index (Phi) is 6.23. The van der Waals surface area contributed by atoms with Crippen molar-refractivity contribution in [1.29, 1.82) is 5.26 Å². The second-order valence-corrected chi connectivity index (χ2v) is 8.24. The van der Waals surface area contributed by atoms with Crippen molar-refractivity contribution in [3.63, 3.8) is 0 Å². The van der Waals surface area contributed by atoms with E-state index in [1.54, 1.807) is 24.3 Å². The van der Waals surface area contributed by atoms with E-state index in [1.165, 1.54) is 36.7 Å². The number of nitrogens with one attached hydrogen (secondary N) is 1. The van der Waals surface area contributed by atoms with Crippen molar-refractivity contribution in [2.45, 2.75) is 25.6 Å². The number of hydrogen-bond donors (Lipinski definition) is 1. The summed E-state index contributed by atoms with van der Waals surface area (Å²) >= 11 is 1.50. The molecule has 3 rings (SSSR count).